The summed E-state index contributed by atoms with van der Waals surface area (Å²) in [6.07, 6.45) is 10.5. The van der Waals surface area contributed by atoms with Gasteiger partial charge in [-0.1, -0.05) is 24.4 Å². The van der Waals surface area contributed by atoms with E-state index in [0.29, 0.717) is 24.2 Å². The third-order valence-electron chi connectivity index (χ3n) is 3.96. The predicted octanol–water partition coefficient (Wildman–Crippen LogP) is 2.50. The Labute approximate surface area is 112 Å². The van der Waals surface area contributed by atoms with Gasteiger partial charge in [0.2, 0.25) is 5.89 Å². The van der Waals surface area contributed by atoms with Crippen LogP contribution in [-0.4, -0.2) is 14.7 Å². The van der Waals surface area contributed by atoms with Gasteiger partial charge in [0.15, 0.2) is 5.82 Å². The van der Waals surface area contributed by atoms with Gasteiger partial charge in [0.1, 0.15) is 6.04 Å². The number of nitrogens with two attached hydrogens (primary N) is 1. The zero-order valence-electron chi connectivity index (χ0n) is 11.0. The summed E-state index contributed by atoms with van der Waals surface area (Å²) < 4.78 is 7.62. The molecular weight excluding hydrogens is 240 g/mol. The fourth-order valence-corrected chi connectivity index (χ4v) is 3.03. The van der Waals surface area contributed by atoms with Crippen LogP contribution < -0.4 is 5.73 Å². The van der Waals surface area contributed by atoms with Gasteiger partial charge in [0.25, 0.3) is 0 Å². The zero-order chi connectivity index (χ0) is 13.1. The fraction of sp³-hybridized carbons (Fsp3) is 0.571. The van der Waals surface area contributed by atoms with Crippen molar-refractivity contribution in [1.29, 1.82) is 0 Å². The summed E-state index contributed by atoms with van der Waals surface area (Å²) in [7, 11) is 0. The van der Waals surface area contributed by atoms with Crippen LogP contribution >= 0.6 is 0 Å². The van der Waals surface area contributed by atoms with Gasteiger partial charge in [-0.15, -0.1) is 0 Å². The minimum atomic E-state index is 0.156. The van der Waals surface area contributed by atoms with Crippen molar-refractivity contribution >= 4 is 0 Å². The van der Waals surface area contributed by atoms with E-state index in [0.717, 1.165) is 0 Å². The monoisotopic (exact) mass is 260 g/mol. The van der Waals surface area contributed by atoms with Crippen molar-refractivity contribution in [2.24, 2.45) is 11.7 Å². The van der Waals surface area contributed by atoms with Crippen LogP contribution in [0.5, 0.6) is 0 Å². The van der Waals surface area contributed by atoms with Gasteiger partial charge in [0.05, 0.1) is 6.54 Å². The van der Waals surface area contributed by atoms with E-state index >= 15 is 0 Å². The minimum absolute atomic E-state index is 0.156. The van der Waals surface area contributed by atoms with Crippen LogP contribution in [0.4, 0.5) is 0 Å². The molecular formula is C14H20N4O. The first-order chi connectivity index (χ1) is 9.38. The Morgan fingerprint density at radius 1 is 1.26 bits per heavy atom. The molecule has 2 N–H and O–H groups in total. The molecule has 19 heavy (non-hydrogen) atoms. The molecule has 0 bridgehead atoms. The highest BCUT2D eigenvalue weighted by atomic mass is 16.5. The first-order valence-electron chi connectivity index (χ1n) is 7.03. The van der Waals surface area contributed by atoms with Crippen LogP contribution in [0.1, 0.15) is 49.9 Å². The van der Waals surface area contributed by atoms with E-state index in [9.17, 15) is 0 Å². The highest BCUT2D eigenvalue weighted by Crippen LogP contribution is 2.36. The number of nitrogens with zero attached hydrogens (tertiary/aromatic N) is 3. The molecule has 1 fully saturated rings. The molecule has 0 spiro atoms. The van der Waals surface area contributed by atoms with Crippen molar-refractivity contribution in [2.45, 2.75) is 44.7 Å². The van der Waals surface area contributed by atoms with Gasteiger partial charge >= 0.3 is 0 Å². The molecule has 102 valence electrons. The van der Waals surface area contributed by atoms with E-state index < -0.39 is 0 Å². The summed E-state index contributed by atoms with van der Waals surface area (Å²) in [5.74, 6) is 1.86. The van der Waals surface area contributed by atoms with Crippen LogP contribution in [-0.2, 0) is 6.54 Å². The average Bonchev–Trinajstić information content (AvgIpc) is 3.12. The first-order valence-corrected chi connectivity index (χ1v) is 7.03. The third kappa shape index (κ3) is 2.56. The summed E-state index contributed by atoms with van der Waals surface area (Å²) in [5.41, 5.74) is 5.57. The second kappa shape index (κ2) is 5.57. The Kier molecular flexibility index (Phi) is 3.64. The van der Waals surface area contributed by atoms with Crippen LogP contribution in [0, 0.1) is 5.92 Å². The predicted molar refractivity (Wildman–Crippen MR) is 71.3 cm³/mol. The van der Waals surface area contributed by atoms with Gasteiger partial charge in [-0.2, -0.15) is 4.98 Å². The normalized spacial score (nSPS) is 18.6. The molecule has 0 aliphatic heterocycles. The van der Waals surface area contributed by atoms with Crippen molar-refractivity contribution in [3.05, 3.63) is 36.2 Å². The molecule has 0 amide bonds. The molecule has 1 aliphatic carbocycles. The molecule has 0 radical (unpaired) electrons. The van der Waals surface area contributed by atoms with E-state index in [4.69, 9.17) is 10.3 Å². The van der Waals surface area contributed by atoms with E-state index in [1.807, 2.05) is 12.1 Å². The SMILES string of the molecule is NCc1noc([C@H](C2CCCCC2)n2cccc2)n1. The summed E-state index contributed by atoms with van der Waals surface area (Å²) in [4.78, 5) is 4.44. The lowest BCUT2D eigenvalue weighted by Gasteiger charge is -2.28. The first kappa shape index (κ1) is 12.4. The third-order valence-corrected chi connectivity index (χ3v) is 3.96. The largest absolute Gasteiger partial charge is 0.342 e. The lowest BCUT2D eigenvalue weighted by molar-refractivity contribution is 0.229. The van der Waals surface area contributed by atoms with Crippen LogP contribution in [0.25, 0.3) is 0 Å². The second-order valence-electron chi connectivity index (χ2n) is 5.23. The number of rotatable bonds is 4. The molecule has 1 atom stereocenters. The zero-order valence-corrected chi connectivity index (χ0v) is 11.0. The molecule has 2 aromatic heterocycles. The van der Waals surface area contributed by atoms with E-state index in [1.54, 1.807) is 0 Å². The molecule has 1 aliphatic rings. The number of aromatic nitrogens is 3. The van der Waals surface area contributed by atoms with Gasteiger partial charge < -0.3 is 14.8 Å². The number of hydrogen-bond acceptors (Lipinski definition) is 4. The molecule has 0 saturated heterocycles. The number of hydrogen-bond donors (Lipinski definition) is 1. The van der Waals surface area contributed by atoms with Crippen molar-refractivity contribution in [1.82, 2.24) is 14.7 Å². The molecule has 5 nitrogen and oxygen atoms in total. The van der Waals surface area contributed by atoms with Crippen LogP contribution in [0.15, 0.2) is 29.0 Å². The van der Waals surface area contributed by atoms with Crippen molar-refractivity contribution in [3.8, 4) is 0 Å². The van der Waals surface area contributed by atoms with E-state index in [2.05, 4.69) is 27.1 Å². The topological polar surface area (TPSA) is 69.9 Å². The van der Waals surface area contributed by atoms with Crippen molar-refractivity contribution in [2.75, 3.05) is 0 Å². The molecule has 2 heterocycles. The maximum Gasteiger partial charge on any atom is 0.250 e. The summed E-state index contributed by atoms with van der Waals surface area (Å²) >= 11 is 0. The Hall–Kier alpha value is -1.62. The molecule has 0 unspecified atom stereocenters. The van der Waals surface area contributed by atoms with Gasteiger partial charge in [0, 0.05) is 12.4 Å². The smallest absolute Gasteiger partial charge is 0.250 e. The van der Waals surface area contributed by atoms with Crippen molar-refractivity contribution < 1.29 is 4.52 Å². The van der Waals surface area contributed by atoms with E-state index in [1.165, 1.54) is 32.1 Å². The highest BCUT2D eigenvalue weighted by Gasteiger charge is 2.30. The molecule has 3 rings (SSSR count). The van der Waals surface area contributed by atoms with Gasteiger partial charge in [-0.05, 0) is 30.9 Å². The minimum Gasteiger partial charge on any atom is -0.342 e. The molecule has 2 aromatic rings. The van der Waals surface area contributed by atoms with Gasteiger partial charge in [-0.3, -0.25) is 0 Å². The lowest BCUT2D eigenvalue weighted by Crippen LogP contribution is -2.22. The van der Waals surface area contributed by atoms with Crippen LogP contribution in [0.2, 0.25) is 0 Å². The summed E-state index contributed by atoms with van der Waals surface area (Å²) in [6.45, 7) is 0.326. The lowest BCUT2D eigenvalue weighted by atomic mass is 9.83. The summed E-state index contributed by atoms with van der Waals surface area (Å²) in [5, 5.41) is 3.94. The Morgan fingerprint density at radius 2 is 2.00 bits per heavy atom. The van der Waals surface area contributed by atoms with Crippen molar-refractivity contribution in [3.63, 3.8) is 0 Å². The maximum atomic E-state index is 5.57. The Morgan fingerprint density at radius 3 is 2.63 bits per heavy atom. The molecule has 0 aromatic carbocycles. The molecule has 5 heteroatoms. The van der Waals surface area contributed by atoms with Gasteiger partial charge in [-0.25, -0.2) is 0 Å². The van der Waals surface area contributed by atoms with E-state index in [-0.39, 0.29) is 6.04 Å². The Balaban J connectivity index is 1.91. The quantitative estimate of drug-likeness (QED) is 0.917. The summed E-state index contributed by atoms with van der Waals surface area (Å²) in [6, 6.07) is 4.23. The highest BCUT2D eigenvalue weighted by molar-refractivity contribution is 5.03. The standard InChI is InChI=1S/C14H20N4O/c15-10-12-16-14(19-17-12)13(18-8-4-5-9-18)11-6-2-1-3-7-11/h4-5,8-9,11,13H,1-3,6-7,10,15H2/t13-/m0/s1. The molecule has 1 saturated carbocycles. The van der Waals surface area contributed by atoms with Crippen LogP contribution in [0.3, 0.4) is 0 Å². The average molecular weight is 260 g/mol. The Bertz CT molecular complexity index is 499. The maximum absolute atomic E-state index is 5.57. The second-order valence-corrected chi connectivity index (χ2v) is 5.23. The fourth-order valence-electron chi connectivity index (χ4n) is 3.03.